The van der Waals surface area contributed by atoms with Crippen molar-refractivity contribution in [3.05, 3.63) is 0 Å². The molecule has 1 unspecified atom stereocenters. The van der Waals surface area contributed by atoms with Crippen LogP contribution in [0.3, 0.4) is 0 Å². The first-order valence-corrected chi connectivity index (χ1v) is 15.4. The molecule has 230 valence electrons. The van der Waals surface area contributed by atoms with Crippen LogP contribution in [0.2, 0.25) is 0 Å². The van der Waals surface area contributed by atoms with Gasteiger partial charge in [-0.15, -0.1) is 0 Å². The van der Waals surface area contributed by atoms with Crippen LogP contribution in [0, 0.1) is 33.5 Å². The molecule has 1 heterocycles. The van der Waals surface area contributed by atoms with Gasteiger partial charge in [-0.25, -0.2) is 4.79 Å². The summed E-state index contributed by atoms with van der Waals surface area (Å²) in [6, 6.07) is -1.64. The van der Waals surface area contributed by atoms with Crippen LogP contribution in [-0.4, -0.2) is 58.6 Å². The summed E-state index contributed by atoms with van der Waals surface area (Å²) >= 11 is 0. The number of ketones is 2. The van der Waals surface area contributed by atoms with Crippen molar-refractivity contribution in [2.75, 3.05) is 6.54 Å². The van der Waals surface area contributed by atoms with Gasteiger partial charge in [0.25, 0.3) is 5.91 Å². The Bertz CT molecular complexity index is 1110. The molecule has 4 rings (SSSR count). The molecule has 9 heteroatoms. The first kappa shape index (κ1) is 31.5. The number of Topliss-reactive ketones (excluding diaryl/α,β-unsaturated/α-hetero) is 2. The normalized spacial score (nSPS) is 27.9. The summed E-state index contributed by atoms with van der Waals surface area (Å²) in [7, 11) is 0. The van der Waals surface area contributed by atoms with Gasteiger partial charge in [-0.1, -0.05) is 60.3 Å². The highest BCUT2D eigenvalue weighted by Crippen LogP contribution is 2.88. The highest BCUT2D eigenvalue weighted by molar-refractivity contribution is 6.36. The van der Waals surface area contributed by atoms with Crippen molar-refractivity contribution < 1.29 is 28.7 Å². The Balaban J connectivity index is 1.63. The van der Waals surface area contributed by atoms with Crippen molar-refractivity contribution in [1.29, 1.82) is 0 Å². The summed E-state index contributed by atoms with van der Waals surface area (Å²) in [6.45, 7) is 15.9. The lowest BCUT2D eigenvalue weighted by Gasteiger charge is -2.36. The molecule has 0 aromatic rings. The zero-order chi connectivity index (χ0) is 30.8. The van der Waals surface area contributed by atoms with E-state index < -0.39 is 46.8 Å². The van der Waals surface area contributed by atoms with Gasteiger partial charge in [0.1, 0.15) is 11.6 Å². The Kier molecular flexibility index (Phi) is 7.96. The molecule has 2 spiro atoms. The zero-order valence-electron chi connectivity index (χ0n) is 26.4. The maximum atomic E-state index is 14.4. The van der Waals surface area contributed by atoms with E-state index >= 15 is 0 Å². The Labute approximate surface area is 245 Å². The predicted molar refractivity (Wildman–Crippen MR) is 155 cm³/mol. The smallest absolute Gasteiger partial charge is 0.408 e. The van der Waals surface area contributed by atoms with Crippen molar-refractivity contribution in [3.63, 3.8) is 0 Å². The van der Waals surface area contributed by atoms with E-state index in [4.69, 9.17) is 10.5 Å². The second-order valence-electron chi connectivity index (χ2n) is 15.9. The molecular weight excluding hydrogens is 522 g/mol. The summed E-state index contributed by atoms with van der Waals surface area (Å²) in [5.41, 5.74) is 3.87. The number of rotatable bonds is 9. The van der Waals surface area contributed by atoms with Crippen LogP contribution in [-0.2, 0) is 23.9 Å². The number of amides is 3. The Morgan fingerprint density at radius 3 is 2.00 bits per heavy atom. The molecule has 1 saturated heterocycles. The fourth-order valence-corrected chi connectivity index (χ4v) is 8.35. The maximum Gasteiger partial charge on any atom is 0.408 e. The van der Waals surface area contributed by atoms with Gasteiger partial charge >= 0.3 is 6.09 Å². The molecule has 3 N–H and O–H groups in total. The first-order chi connectivity index (χ1) is 18.8. The van der Waals surface area contributed by atoms with Crippen LogP contribution in [0.1, 0.15) is 113 Å². The summed E-state index contributed by atoms with van der Waals surface area (Å²) in [5.74, 6) is -2.67. The lowest BCUT2D eigenvalue weighted by Crippen LogP contribution is -2.57. The van der Waals surface area contributed by atoms with Crippen molar-refractivity contribution >= 4 is 29.5 Å². The number of hydrogen-bond donors (Lipinski definition) is 2. The second kappa shape index (κ2) is 10.4. The van der Waals surface area contributed by atoms with Gasteiger partial charge in [0, 0.05) is 24.3 Å². The van der Waals surface area contributed by atoms with Crippen LogP contribution in [0.15, 0.2) is 0 Å². The van der Waals surface area contributed by atoms with Gasteiger partial charge in [0.2, 0.25) is 11.7 Å². The quantitative estimate of drug-likeness (QED) is 0.389. The molecule has 4 fully saturated rings. The van der Waals surface area contributed by atoms with Gasteiger partial charge in [-0.2, -0.15) is 0 Å². The fraction of sp³-hybridized carbons (Fsp3) is 0.844. The van der Waals surface area contributed by atoms with Gasteiger partial charge in [-0.05, 0) is 68.6 Å². The van der Waals surface area contributed by atoms with Crippen molar-refractivity contribution in [2.24, 2.45) is 39.2 Å². The number of primary amides is 1. The third kappa shape index (κ3) is 5.42. The number of likely N-dealkylation sites (tertiary alicyclic amines) is 1. The van der Waals surface area contributed by atoms with Crippen LogP contribution < -0.4 is 11.1 Å². The predicted octanol–water partition coefficient (Wildman–Crippen LogP) is 4.54. The molecule has 0 aromatic heterocycles. The third-order valence-electron chi connectivity index (χ3n) is 11.1. The van der Waals surface area contributed by atoms with E-state index in [1.165, 1.54) is 0 Å². The molecule has 9 nitrogen and oxygen atoms in total. The number of nitrogens with zero attached hydrogens (tertiary/aromatic N) is 1. The number of alkyl carbamates (subject to hydrolysis) is 1. The molecule has 3 saturated carbocycles. The fourth-order valence-electron chi connectivity index (χ4n) is 8.35. The SMILES string of the molecule is CC(C)(C)OC(=O)N[C@H](C(=O)N1C[C@]2(C[C@H]1C(=O)CC(CC1CCC1)C(=O)C(N)=O)C(C)(C)C21CCC1)C(C)(C)C. The summed E-state index contributed by atoms with van der Waals surface area (Å²) in [4.78, 5) is 67.6. The molecule has 0 aromatic carbocycles. The number of carbonyl (C=O) groups is 5. The highest BCUT2D eigenvalue weighted by Gasteiger charge is 2.85. The number of nitrogens with two attached hydrogens (primary N) is 1. The zero-order valence-corrected chi connectivity index (χ0v) is 26.4. The van der Waals surface area contributed by atoms with Crippen LogP contribution in [0.4, 0.5) is 4.79 Å². The average Bonchev–Trinajstić information content (AvgIpc) is 3.01. The Morgan fingerprint density at radius 1 is 0.976 bits per heavy atom. The minimum absolute atomic E-state index is 0.0317. The average molecular weight is 574 g/mol. The molecule has 3 amide bonds. The van der Waals surface area contributed by atoms with Gasteiger partial charge in [0.15, 0.2) is 5.78 Å². The first-order valence-electron chi connectivity index (χ1n) is 15.4. The van der Waals surface area contributed by atoms with E-state index in [1.807, 2.05) is 20.8 Å². The molecule has 41 heavy (non-hydrogen) atoms. The van der Waals surface area contributed by atoms with Crippen LogP contribution >= 0.6 is 0 Å². The molecule has 4 aliphatic rings. The molecule has 0 radical (unpaired) electrons. The number of fused-ring (bicyclic) bond motifs is 1. The number of carbonyl (C=O) groups excluding carboxylic acids is 5. The van der Waals surface area contributed by atoms with E-state index in [0.29, 0.717) is 25.3 Å². The number of nitrogens with one attached hydrogen (secondary N) is 1. The molecule has 0 bridgehead atoms. The molecule has 3 aliphatic carbocycles. The largest absolute Gasteiger partial charge is 0.444 e. The molecule has 1 aliphatic heterocycles. The minimum Gasteiger partial charge on any atom is -0.444 e. The maximum absolute atomic E-state index is 14.4. The van der Waals surface area contributed by atoms with Gasteiger partial charge in [0.05, 0.1) is 6.04 Å². The summed E-state index contributed by atoms with van der Waals surface area (Å²) < 4.78 is 5.48. The van der Waals surface area contributed by atoms with E-state index in [-0.39, 0.29) is 34.4 Å². The monoisotopic (exact) mass is 573 g/mol. The standard InChI is InChI=1S/C32H51N3O6/c1-28(2,3)24(34-27(40)41-29(4,5)6)26(39)35-18-32(30(7,8)31(32)13-10-14-31)17-21(35)22(36)16-20(23(37)25(33)38)15-19-11-9-12-19/h19-21,24H,9-18H2,1-8H3,(H2,33,38)(H,34,40)/t20?,21-,24+,32+/m0/s1. The number of ether oxygens (including phenoxy) is 1. The van der Waals surface area contributed by atoms with E-state index in [9.17, 15) is 24.0 Å². The van der Waals surface area contributed by atoms with Gasteiger partial charge in [-0.3, -0.25) is 19.2 Å². The lowest BCUT2D eigenvalue weighted by atomic mass is 9.73. The number of hydrogen-bond acceptors (Lipinski definition) is 6. The Morgan fingerprint density at radius 2 is 1.59 bits per heavy atom. The topological polar surface area (TPSA) is 136 Å². The van der Waals surface area contributed by atoms with Crippen molar-refractivity contribution in [1.82, 2.24) is 10.2 Å². The van der Waals surface area contributed by atoms with Gasteiger partial charge < -0.3 is 20.7 Å². The highest BCUT2D eigenvalue weighted by atomic mass is 16.6. The summed E-state index contributed by atoms with van der Waals surface area (Å²) in [6.07, 6.45) is 6.56. The lowest BCUT2D eigenvalue weighted by molar-refractivity contribution is -0.143. The van der Waals surface area contributed by atoms with Crippen molar-refractivity contribution in [3.8, 4) is 0 Å². The third-order valence-corrected chi connectivity index (χ3v) is 11.1. The van der Waals surface area contributed by atoms with Crippen LogP contribution in [0.25, 0.3) is 0 Å². The van der Waals surface area contributed by atoms with Crippen molar-refractivity contribution in [2.45, 2.75) is 131 Å². The van der Waals surface area contributed by atoms with E-state index in [2.05, 4.69) is 19.2 Å². The molecule has 4 atom stereocenters. The Hall–Kier alpha value is -2.45. The second-order valence-corrected chi connectivity index (χ2v) is 15.9. The summed E-state index contributed by atoms with van der Waals surface area (Å²) in [5, 5.41) is 2.80. The minimum atomic E-state index is -1.01. The molecular formula is C32H51N3O6. The van der Waals surface area contributed by atoms with E-state index in [1.54, 1.807) is 25.7 Å². The van der Waals surface area contributed by atoms with E-state index in [0.717, 1.165) is 38.5 Å². The van der Waals surface area contributed by atoms with Crippen LogP contribution in [0.5, 0.6) is 0 Å².